The highest BCUT2D eigenvalue weighted by Gasteiger charge is 2.23. The van der Waals surface area contributed by atoms with Gasteiger partial charge in [0.25, 0.3) is 0 Å². The third-order valence-corrected chi connectivity index (χ3v) is 4.46. The predicted molar refractivity (Wildman–Crippen MR) is 78.9 cm³/mol. The molecule has 0 aliphatic carbocycles. The van der Waals surface area contributed by atoms with Crippen LogP contribution in [0.2, 0.25) is 0 Å². The van der Waals surface area contributed by atoms with Gasteiger partial charge >= 0.3 is 0 Å². The quantitative estimate of drug-likeness (QED) is 0.664. The average Bonchev–Trinajstić information content (AvgIpc) is 2.48. The number of ketones is 1. The molecule has 0 saturated carbocycles. The zero-order valence-corrected chi connectivity index (χ0v) is 12.2. The van der Waals surface area contributed by atoms with Crippen LogP contribution in [-0.4, -0.2) is 47.8 Å². The third kappa shape index (κ3) is 3.81. The Morgan fingerprint density at radius 1 is 1.37 bits per heavy atom. The van der Waals surface area contributed by atoms with E-state index in [1.165, 1.54) is 4.90 Å². The Balaban J connectivity index is 1.98. The fraction of sp³-hybridized carbons (Fsp3) is 0.533. The lowest BCUT2D eigenvalue weighted by Crippen LogP contribution is -2.44. The van der Waals surface area contributed by atoms with Crippen LogP contribution in [0.1, 0.15) is 29.6 Å². The smallest absolute Gasteiger partial charge is 0.176 e. The third-order valence-electron chi connectivity index (χ3n) is 3.72. The molecule has 2 rings (SSSR count). The summed E-state index contributed by atoms with van der Waals surface area (Å²) in [5.41, 5.74) is 0.764. The molecule has 1 heterocycles. The van der Waals surface area contributed by atoms with Crippen molar-refractivity contribution in [2.45, 2.75) is 30.2 Å². The molecule has 1 aromatic rings. The Morgan fingerprint density at radius 2 is 2.11 bits per heavy atom. The van der Waals surface area contributed by atoms with Gasteiger partial charge in [-0.25, -0.2) is 0 Å². The number of rotatable bonds is 5. The van der Waals surface area contributed by atoms with E-state index in [4.69, 9.17) is 0 Å². The molecule has 4 heteroatoms. The highest BCUT2D eigenvalue weighted by Crippen LogP contribution is 2.18. The zero-order valence-electron chi connectivity index (χ0n) is 11.3. The second kappa shape index (κ2) is 7.08. The number of carbonyl (C=O) groups excluding carboxylic acids is 1. The Hall–Kier alpha value is -0.840. The number of benzene rings is 1. The normalized spacial score (nSPS) is 20.4. The van der Waals surface area contributed by atoms with Gasteiger partial charge < -0.3 is 5.11 Å². The first-order chi connectivity index (χ1) is 9.24. The van der Waals surface area contributed by atoms with Crippen LogP contribution in [0.4, 0.5) is 0 Å². The first kappa shape index (κ1) is 14.6. The van der Waals surface area contributed by atoms with Crippen molar-refractivity contribution >= 4 is 17.5 Å². The highest BCUT2D eigenvalue weighted by molar-refractivity contribution is 7.98. The molecule has 1 saturated heterocycles. The summed E-state index contributed by atoms with van der Waals surface area (Å²) in [5.74, 6) is 0.146. The predicted octanol–water partition coefficient (Wildman–Crippen LogP) is 2.44. The molecule has 1 fully saturated rings. The van der Waals surface area contributed by atoms with E-state index in [0.29, 0.717) is 6.54 Å². The van der Waals surface area contributed by atoms with Crippen LogP contribution >= 0.6 is 11.8 Å². The number of hydrogen-bond acceptors (Lipinski definition) is 4. The van der Waals surface area contributed by atoms with Crippen LogP contribution in [0.15, 0.2) is 29.2 Å². The summed E-state index contributed by atoms with van der Waals surface area (Å²) in [6.07, 6.45) is 5.29. The van der Waals surface area contributed by atoms with E-state index in [1.54, 1.807) is 11.8 Å². The van der Waals surface area contributed by atoms with Gasteiger partial charge in [-0.2, -0.15) is 0 Å². The van der Waals surface area contributed by atoms with Gasteiger partial charge in [-0.05, 0) is 37.8 Å². The lowest BCUT2D eigenvalue weighted by molar-refractivity contribution is 0.0711. The van der Waals surface area contributed by atoms with Crippen molar-refractivity contribution in [2.75, 3.05) is 26.0 Å². The van der Waals surface area contributed by atoms with Crippen molar-refractivity contribution in [3.8, 4) is 0 Å². The van der Waals surface area contributed by atoms with Gasteiger partial charge in [0.05, 0.1) is 13.2 Å². The zero-order chi connectivity index (χ0) is 13.7. The van der Waals surface area contributed by atoms with Crippen LogP contribution in [0.25, 0.3) is 0 Å². The molecule has 19 heavy (non-hydrogen) atoms. The van der Waals surface area contributed by atoms with E-state index in [9.17, 15) is 9.90 Å². The maximum Gasteiger partial charge on any atom is 0.176 e. The van der Waals surface area contributed by atoms with Gasteiger partial charge in [-0.3, -0.25) is 9.69 Å². The SMILES string of the molecule is CSc1ccc(C(=O)CN2CCCCC2CO)cc1. The number of piperidine rings is 1. The summed E-state index contributed by atoms with van der Waals surface area (Å²) in [6.45, 7) is 1.49. The van der Waals surface area contributed by atoms with Crippen molar-refractivity contribution in [2.24, 2.45) is 0 Å². The first-order valence-electron chi connectivity index (χ1n) is 6.76. The van der Waals surface area contributed by atoms with E-state index < -0.39 is 0 Å². The molecule has 1 N–H and O–H groups in total. The van der Waals surface area contributed by atoms with Crippen molar-refractivity contribution in [3.63, 3.8) is 0 Å². The Kier molecular flexibility index (Phi) is 5.43. The lowest BCUT2D eigenvalue weighted by atomic mass is 10.0. The second-order valence-corrected chi connectivity index (χ2v) is 5.83. The van der Waals surface area contributed by atoms with Crippen LogP contribution in [-0.2, 0) is 0 Å². The van der Waals surface area contributed by atoms with E-state index >= 15 is 0 Å². The highest BCUT2D eigenvalue weighted by atomic mass is 32.2. The first-order valence-corrected chi connectivity index (χ1v) is 7.99. The largest absolute Gasteiger partial charge is 0.395 e. The van der Waals surface area contributed by atoms with Gasteiger partial charge in [0, 0.05) is 16.5 Å². The minimum atomic E-state index is 0.146. The fourth-order valence-corrected chi connectivity index (χ4v) is 2.94. The monoisotopic (exact) mass is 279 g/mol. The maximum atomic E-state index is 12.2. The van der Waals surface area contributed by atoms with Crippen LogP contribution in [0, 0.1) is 0 Å². The summed E-state index contributed by atoms with van der Waals surface area (Å²) < 4.78 is 0. The molecule has 0 aromatic heterocycles. The lowest BCUT2D eigenvalue weighted by Gasteiger charge is -2.33. The molecule has 104 valence electrons. The minimum Gasteiger partial charge on any atom is -0.395 e. The molecule has 1 atom stereocenters. The Bertz CT molecular complexity index is 419. The van der Waals surface area contributed by atoms with Gasteiger partial charge in [-0.15, -0.1) is 11.8 Å². The number of aliphatic hydroxyl groups is 1. The van der Waals surface area contributed by atoms with E-state index in [0.717, 1.165) is 31.4 Å². The summed E-state index contributed by atoms with van der Waals surface area (Å²) in [6, 6.07) is 7.91. The molecule has 3 nitrogen and oxygen atoms in total. The molecule has 0 spiro atoms. The number of likely N-dealkylation sites (tertiary alicyclic amines) is 1. The molecule has 0 bridgehead atoms. The molecule has 0 amide bonds. The topological polar surface area (TPSA) is 40.5 Å². The average molecular weight is 279 g/mol. The van der Waals surface area contributed by atoms with Gasteiger partial charge in [0.15, 0.2) is 5.78 Å². The number of aliphatic hydroxyl groups excluding tert-OH is 1. The molecule has 1 aliphatic heterocycles. The molecular weight excluding hydrogens is 258 g/mol. The van der Waals surface area contributed by atoms with Crippen molar-refractivity contribution in [3.05, 3.63) is 29.8 Å². The van der Waals surface area contributed by atoms with Crippen molar-refractivity contribution < 1.29 is 9.90 Å². The summed E-state index contributed by atoms with van der Waals surface area (Å²) in [4.78, 5) is 15.5. The van der Waals surface area contributed by atoms with Gasteiger partial charge in [0.2, 0.25) is 0 Å². The van der Waals surface area contributed by atoms with Gasteiger partial charge in [0.1, 0.15) is 0 Å². The number of carbonyl (C=O) groups is 1. The van der Waals surface area contributed by atoms with Crippen LogP contribution in [0.5, 0.6) is 0 Å². The maximum absolute atomic E-state index is 12.2. The van der Waals surface area contributed by atoms with E-state index in [-0.39, 0.29) is 18.4 Å². The number of nitrogens with zero attached hydrogens (tertiary/aromatic N) is 1. The number of Topliss-reactive ketones (excluding diaryl/α,β-unsaturated/α-hetero) is 1. The fourth-order valence-electron chi connectivity index (χ4n) is 2.53. The van der Waals surface area contributed by atoms with E-state index in [1.807, 2.05) is 30.5 Å². The molecular formula is C15H21NO2S. The minimum absolute atomic E-state index is 0.146. The Morgan fingerprint density at radius 3 is 2.74 bits per heavy atom. The summed E-state index contributed by atoms with van der Waals surface area (Å²) >= 11 is 1.67. The number of hydrogen-bond donors (Lipinski definition) is 1. The van der Waals surface area contributed by atoms with E-state index in [2.05, 4.69) is 4.90 Å². The van der Waals surface area contributed by atoms with Crippen molar-refractivity contribution in [1.82, 2.24) is 4.90 Å². The molecule has 0 radical (unpaired) electrons. The summed E-state index contributed by atoms with van der Waals surface area (Å²) in [7, 11) is 0. The Labute approximate surface area is 119 Å². The van der Waals surface area contributed by atoms with Crippen LogP contribution < -0.4 is 0 Å². The molecule has 1 aromatic carbocycles. The van der Waals surface area contributed by atoms with Crippen LogP contribution in [0.3, 0.4) is 0 Å². The second-order valence-electron chi connectivity index (χ2n) is 4.95. The standard InChI is InChI=1S/C15H21NO2S/c1-19-14-7-5-12(6-8-14)15(18)10-16-9-3-2-4-13(16)11-17/h5-8,13,17H,2-4,9-11H2,1H3. The molecule has 1 aliphatic rings. The molecule has 1 unspecified atom stereocenters. The van der Waals surface area contributed by atoms with Gasteiger partial charge in [-0.1, -0.05) is 18.6 Å². The van der Waals surface area contributed by atoms with Crippen molar-refractivity contribution in [1.29, 1.82) is 0 Å². The number of thioether (sulfide) groups is 1. The summed E-state index contributed by atoms with van der Waals surface area (Å²) in [5, 5.41) is 9.36.